The molecule has 11 heteroatoms. The van der Waals surface area contributed by atoms with E-state index in [1.807, 2.05) is 0 Å². The number of fused-ring (bicyclic) bond motifs is 2. The molecule has 4 unspecified atom stereocenters. The minimum Gasteiger partial charge on any atom is -0.462 e. The fourth-order valence-electron chi connectivity index (χ4n) is 28.0. The molecule has 398 valence electrons. The van der Waals surface area contributed by atoms with Crippen molar-refractivity contribution in [3.05, 3.63) is 63.0 Å². The number of rotatable bonds is 0. The second-order valence-corrected chi connectivity index (χ2v) is 29.6. The third kappa shape index (κ3) is 2.42. The summed E-state index contributed by atoms with van der Waals surface area (Å²) in [6.07, 6.45) is 0. The van der Waals surface area contributed by atoms with E-state index in [0.29, 0.717) is 0 Å². The summed E-state index contributed by atoms with van der Waals surface area (Å²) in [4.78, 5) is 65.7. The van der Waals surface area contributed by atoms with Crippen LogP contribution < -0.4 is 0 Å². The molecule has 0 amide bonds. The van der Waals surface area contributed by atoms with Gasteiger partial charge in [-0.05, 0) is 315 Å². The average Bonchev–Trinajstić information content (AvgIpc) is 1.36. The van der Waals surface area contributed by atoms with Gasteiger partial charge in [0.1, 0.15) is 37.8 Å². The highest BCUT2D eigenvalue weighted by Gasteiger charge is 3.04. The summed E-state index contributed by atoms with van der Waals surface area (Å²) >= 11 is 0. The molecular formula is C78H21NO10. The molecule has 1 aliphatic heterocycles. The number of hydrogen-bond acceptors (Lipinski definition) is 11. The Bertz CT molecular complexity index is 8160. The topological polar surface area (TPSA) is 137 Å². The molecule has 2 heterocycles. The molecule has 8 aliphatic rings. The summed E-state index contributed by atoms with van der Waals surface area (Å²) in [7, 11) is 0. The van der Waals surface area contributed by atoms with Gasteiger partial charge in [-0.2, -0.15) is 0 Å². The maximum Gasteiger partial charge on any atom is 0.357 e. The lowest BCUT2D eigenvalue weighted by atomic mass is 9.62. The van der Waals surface area contributed by atoms with Crippen LogP contribution in [0.3, 0.4) is 0 Å². The summed E-state index contributed by atoms with van der Waals surface area (Å²) in [5.41, 5.74) is 3.59. The van der Waals surface area contributed by atoms with Crippen molar-refractivity contribution in [2.45, 2.75) is 22.7 Å². The highest BCUT2D eigenvalue weighted by atomic mass is 16.6. The Morgan fingerprint density at radius 3 is 0.899 bits per heavy atom. The van der Waals surface area contributed by atoms with Crippen molar-refractivity contribution in [2.75, 3.05) is 52.9 Å². The zero-order valence-electron chi connectivity index (χ0n) is 45.6. The Hall–Kier alpha value is -10.3. The number of carbonyl (C=O) groups is 4. The number of cyclic esters (lactones) is 4. The van der Waals surface area contributed by atoms with E-state index in [0.717, 1.165) is 0 Å². The molecule has 1 fully saturated rings. The molecule has 3 spiro atoms. The lowest BCUT2D eigenvalue weighted by Crippen LogP contribution is -2.44. The number of aromatic nitrogens is 1. The van der Waals surface area contributed by atoms with Crippen molar-refractivity contribution in [1.82, 2.24) is 4.98 Å². The molecule has 27 aromatic rings. The van der Waals surface area contributed by atoms with Crippen LogP contribution in [0.2, 0.25) is 0 Å². The summed E-state index contributed by atoms with van der Waals surface area (Å²) in [5, 5.41) is 72.2. The molecule has 2 bridgehead atoms. The van der Waals surface area contributed by atoms with Gasteiger partial charge < -0.3 is 28.4 Å². The SMILES string of the molecule is O=C1OCCOCCOC(=O)C2(C(=O)OCCOCCOC(=O)c3cccc1n3)C13c4c5c6c7c8c9c%10c%11c(c%12c%13c%14c%15c(c%16c4c4c6c6c7c7c%17c8c%10c8c%10c%11c%12c%11c%14c%12c%14c%15c%15c%16c4c4c6c6c7c7c%17c8c8c%10c%11c%12c%10c%11c%14c%15c4c6c%11c7c8%10)C%131)C23C59. The third-order valence-electron chi connectivity index (χ3n) is 28.6. The van der Waals surface area contributed by atoms with Crippen LogP contribution in [0.5, 0.6) is 0 Å². The van der Waals surface area contributed by atoms with Gasteiger partial charge in [-0.3, -0.25) is 9.59 Å². The molecule has 1 aromatic heterocycles. The number of hydrogen-bond donors (Lipinski definition) is 0. The van der Waals surface area contributed by atoms with Gasteiger partial charge in [-0.1, -0.05) is 6.07 Å². The van der Waals surface area contributed by atoms with Gasteiger partial charge in [0.25, 0.3) is 0 Å². The van der Waals surface area contributed by atoms with Gasteiger partial charge >= 0.3 is 23.9 Å². The molecule has 0 N–H and O–H groups in total. The fourth-order valence-corrected chi connectivity index (χ4v) is 28.0. The number of nitrogens with zero attached hydrogens (tertiary/aromatic N) is 1. The van der Waals surface area contributed by atoms with Crippen molar-refractivity contribution < 1.29 is 47.6 Å². The van der Waals surface area contributed by atoms with Crippen LogP contribution >= 0.6 is 0 Å². The van der Waals surface area contributed by atoms with Gasteiger partial charge in [0.05, 0.1) is 26.4 Å². The largest absolute Gasteiger partial charge is 0.462 e. The lowest BCUT2D eigenvalue weighted by molar-refractivity contribution is -0.169. The van der Waals surface area contributed by atoms with E-state index in [1.165, 1.54) is 315 Å². The molecule has 35 rings (SSSR count). The van der Waals surface area contributed by atoms with Gasteiger partial charge in [0.15, 0.2) is 5.41 Å². The van der Waals surface area contributed by atoms with Crippen LogP contribution in [0.1, 0.15) is 66.2 Å². The number of carbonyl (C=O) groups excluding carboxylic acids is 4. The van der Waals surface area contributed by atoms with E-state index in [1.54, 1.807) is 6.07 Å². The number of ether oxygens (including phenoxy) is 6. The molecule has 0 radical (unpaired) electrons. The Labute approximate surface area is 487 Å². The van der Waals surface area contributed by atoms with E-state index in [4.69, 9.17) is 28.4 Å². The smallest absolute Gasteiger partial charge is 0.357 e. The van der Waals surface area contributed by atoms with Crippen LogP contribution in [0.4, 0.5) is 0 Å². The van der Waals surface area contributed by atoms with Gasteiger partial charge in [-0.15, -0.1) is 0 Å². The van der Waals surface area contributed by atoms with Gasteiger partial charge in [0.2, 0.25) is 0 Å². The van der Waals surface area contributed by atoms with Gasteiger partial charge in [0, 0.05) is 22.7 Å². The second-order valence-electron chi connectivity index (χ2n) is 29.6. The Morgan fingerprint density at radius 1 is 0.270 bits per heavy atom. The van der Waals surface area contributed by atoms with Crippen molar-refractivity contribution in [3.63, 3.8) is 0 Å². The first-order valence-corrected chi connectivity index (χ1v) is 31.9. The molecule has 0 saturated heterocycles. The summed E-state index contributed by atoms with van der Waals surface area (Å²) in [5.74, 6) is -3.25. The normalized spacial score (nSPS) is 25.0. The molecule has 7 aliphatic carbocycles. The summed E-state index contributed by atoms with van der Waals surface area (Å²) in [6, 6.07) is 4.52. The zero-order chi connectivity index (χ0) is 55.2. The quantitative estimate of drug-likeness (QED) is 0.0621. The molecule has 4 atom stereocenters. The number of pyridine rings is 1. The maximum absolute atomic E-state index is 17.5. The van der Waals surface area contributed by atoms with Crippen molar-refractivity contribution >= 4 is 293 Å². The van der Waals surface area contributed by atoms with Crippen LogP contribution in [0.25, 0.3) is 269 Å². The molecule has 89 heavy (non-hydrogen) atoms. The highest BCUT2D eigenvalue weighted by molar-refractivity contribution is 6.81. The Morgan fingerprint density at radius 2 is 0.517 bits per heavy atom. The molecule has 1 saturated carbocycles. The first-order chi connectivity index (χ1) is 44.1. The predicted octanol–water partition coefficient (Wildman–Crippen LogP) is 15.4. The molecular weight excluding hydrogens is 1110 g/mol. The summed E-state index contributed by atoms with van der Waals surface area (Å²) in [6.45, 7) is -0.441. The van der Waals surface area contributed by atoms with Gasteiger partial charge in [-0.25, -0.2) is 14.6 Å². The van der Waals surface area contributed by atoms with E-state index >= 15 is 9.59 Å². The minimum atomic E-state index is -1.87. The predicted molar refractivity (Wildman–Crippen MR) is 342 cm³/mol. The minimum absolute atomic E-state index is 0.00106. The molecule has 26 aromatic carbocycles. The van der Waals surface area contributed by atoms with Crippen molar-refractivity contribution in [1.29, 1.82) is 0 Å². The fraction of sp³-hybridized carbons (Fsp3) is 0.167. The van der Waals surface area contributed by atoms with E-state index in [-0.39, 0.29) is 76.1 Å². The third-order valence-corrected chi connectivity index (χ3v) is 28.6. The highest BCUT2D eigenvalue weighted by Crippen LogP contribution is 3.00. The van der Waals surface area contributed by atoms with Crippen LogP contribution in [0, 0.1) is 5.41 Å². The van der Waals surface area contributed by atoms with E-state index < -0.39 is 40.1 Å². The van der Waals surface area contributed by atoms with Crippen LogP contribution in [-0.2, 0) is 48.8 Å². The summed E-state index contributed by atoms with van der Waals surface area (Å²) < 4.78 is 37.4. The van der Waals surface area contributed by atoms with Crippen molar-refractivity contribution in [3.8, 4) is 0 Å². The number of esters is 4. The average molecular weight is 1130 g/mol. The van der Waals surface area contributed by atoms with Crippen molar-refractivity contribution in [2.24, 2.45) is 5.41 Å². The standard InChI is InChI=1S/C78H21NO10/c80-72-12-2-1-3-13(79-12)73(81)87-9-5-85-7-11-89-75(83)78(74(82)88-10-6-84-4-8-86-72)76-68-61-54-42-34-25-16-14-15-17-20(16)29-36(34)44-45-37(29)35-26(17)28-24-19(15)22-21-18(14)23-27(25)40(42)48-46-32(23)30(21)38-39-31(22)33(24)47-49-41(28)43(35)55-57(45)66(65(68)56(44)54)69-62(55)60(49)64-53(47)51(39)58-50(38)52(46)63(59(48)61)70(76)67(58)71(64)77(69,76)78/h1-3,68,71H,4-11H2. The van der Waals surface area contributed by atoms with Crippen LogP contribution in [0.15, 0.2) is 18.2 Å². The maximum atomic E-state index is 17.5. The molecule has 11 nitrogen and oxygen atoms in total. The number of benzene rings is 16. The first kappa shape index (κ1) is 38.1. The Balaban J connectivity index is 0.804. The monoisotopic (exact) mass is 1130 g/mol. The second kappa shape index (κ2) is 9.64. The zero-order valence-corrected chi connectivity index (χ0v) is 45.6. The first-order valence-electron chi connectivity index (χ1n) is 31.9. The Kier molecular flexibility index (Phi) is 4.12. The van der Waals surface area contributed by atoms with Crippen LogP contribution in [-0.4, -0.2) is 81.7 Å². The van der Waals surface area contributed by atoms with E-state index in [9.17, 15) is 9.59 Å². The lowest BCUT2D eigenvalue weighted by Gasteiger charge is -2.38. The van der Waals surface area contributed by atoms with E-state index in [2.05, 4.69) is 4.98 Å².